The molecule has 1 aromatic carbocycles. The normalized spacial score (nSPS) is 16.8. The molecule has 0 radical (unpaired) electrons. The Bertz CT molecular complexity index is 696. The molecule has 1 aliphatic rings. The van der Waals surface area contributed by atoms with Crippen LogP contribution in [0, 0.1) is 11.3 Å². The average Bonchev–Trinajstić information content (AvgIpc) is 2.55. The second-order valence-electron chi connectivity index (χ2n) is 6.07. The van der Waals surface area contributed by atoms with Crippen molar-refractivity contribution in [2.45, 2.75) is 38.8 Å². The average molecular weight is 295 g/mol. The van der Waals surface area contributed by atoms with Gasteiger partial charge in [0.2, 0.25) is 5.82 Å². The quantitative estimate of drug-likeness (QED) is 0.943. The van der Waals surface area contributed by atoms with Crippen molar-refractivity contribution in [3.63, 3.8) is 0 Å². The summed E-state index contributed by atoms with van der Waals surface area (Å²) in [6.07, 6.45) is 2.19. The summed E-state index contributed by atoms with van der Waals surface area (Å²) in [6, 6.07) is 10.9. The number of nitrogens with zero attached hydrogens (tertiary/aromatic N) is 4. The molecular formula is C17H21N5. The number of rotatable bonds is 3. The Morgan fingerprint density at radius 2 is 1.95 bits per heavy atom. The van der Waals surface area contributed by atoms with Gasteiger partial charge in [-0.15, -0.1) is 0 Å². The van der Waals surface area contributed by atoms with E-state index in [1.54, 1.807) is 0 Å². The van der Waals surface area contributed by atoms with E-state index in [-0.39, 0.29) is 5.82 Å². The summed E-state index contributed by atoms with van der Waals surface area (Å²) in [7, 11) is 0. The molecule has 1 N–H and O–H groups in total. The van der Waals surface area contributed by atoms with Gasteiger partial charge in [-0.05, 0) is 38.8 Å². The number of hydrogen-bond donors (Lipinski definition) is 1. The van der Waals surface area contributed by atoms with E-state index in [0.717, 1.165) is 42.7 Å². The molecule has 1 saturated heterocycles. The van der Waals surface area contributed by atoms with Gasteiger partial charge in [-0.3, -0.25) is 0 Å². The number of piperidine rings is 1. The molecule has 0 bridgehead atoms. The van der Waals surface area contributed by atoms with Crippen LogP contribution in [-0.2, 0) is 0 Å². The zero-order valence-electron chi connectivity index (χ0n) is 13.1. The number of likely N-dealkylation sites (tertiary alicyclic amines) is 1. The summed E-state index contributed by atoms with van der Waals surface area (Å²) in [6.45, 7) is 6.68. The Labute approximate surface area is 131 Å². The van der Waals surface area contributed by atoms with Gasteiger partial charge in [0.05, 0.1) is 5.52 Å². The van der Waals surface area contributed by atoms with E-state index >= 15 is 0 Å². The van der Waals surface area contributed by atoms with E-state index in [9.17, 15) is 0 Å². The molecule has 1 aliphatic heterocycles. The van der Waals surface area contributed by atoms with Crippen LogP contribution >= 0.6 is 0 Å². The first-order chi connectivity index (χ1) is 10.7. The molecule has 2 heterocycles. The SMILES string of the molecule is CC(C)N1CCC(Nc2nc(C#N)nc3ccccc23)CC1. The summed E-state index contributed by atoms with van der Waals surface area (Å²) < 4.78 is 0. The monoisotopic (exact) mass is 295 g/mol. The fourth-order valence-electron chi connectivity index (χ4n) is 2.99. The van der Waals surface area contributed by atoms with Crippen LogP contribution in [-0.4, -0.2) is 40.0 Å². The van der Waals surface area contributed by atoms with Crippen LogP contribution < -0.4 is 5.32 Å². The van der Waals surface area contributed by atoms with Crippen LogP contribution in [0.2, 0.25) is 0 Å². The number of nitriles is 1. The van der Waals surface area contributed by atoms with Crippen LogP contribution in [0.1, 0.15) is 32.5 Å². The molecule has 114 valence electrons. The first kappa shape index (κ1) is 14.7. The summed E-state index contributed by atoms with van der Waals surface area (Å²) in [5.74, 6) is 1.01. The molecule has 1 aromatic heterocycles. The van der Waals surface area contributed by atoms with E-state index in [4.69, 9.17) is 5.26 Å². The van der Waals surface area contributed by atoms with Gasteiger partial charge in [-0.1, -0.05) is 12.1 Å². The topological polar surface area (TPSA) is 64.8 Å². The summed E-state index contributed by atoms with van der Waals surface area (Å²) >= 11 is 0. The second-order valence-corrected chi connectivity index (χ2v) is 6.07. The van der Waals surface area contributed by atoms with E-state index in [0.29, 0.717) is 12.1 Å². The number of hydrogen-bond acceptors (Lipinski definition) is 5. The van der Waals surface area contributed by atoms with Crippen LogP contribution in [0.25, 0.3) is 10.9 Å². The number of benzene rings is 1. The van der Waals surface area contributed by atoms with Crippen molar-refractivity contribution in [3.05, 3.63) is 30.1 Å². The molecule has 0 unspecified atom stereocenters. The van der Waals surface area contributed by atoms with Crippen LogP contribution in [0.15, 0.2) is 24.3 Å². The van der Waals surface area contributed by atoms with Crippen molar-refractivity contribution >= 4 is 16.7 Å². The van der Waals surface area contributed by atoms with E-state index < -0.39 is 0 Å². The van der Waals surface area contributed by atoms with E-state index in [1.807, 2.05) is 30.3 Å². The lowest BCUT2D eigenvalue weighted by atomic mass is 10.0. The minimum Gasteiger partial charge on any atom is -0.367 e. The molecule has 0 spiro atoms. The molecule has 0 saturated carbocycles. The van der Waals surface area contributed by atoms with Gasteiger partial charge in [-0.25, -0.2) is 9.97 Å². The van der Waals surface area contributed by atoms with Crippen LogP contribution in [0.3, 0.4) is 0 Å². The molecule has 0 aliphatic carbocycles. The lowest BCUT2D eigenvalue weighted by Crippen LogP contribution is -2.42. The lowest BCUT2D eigenvalue weighted by Gasteiger charge is -2.35. The van der Waals surface area contributed by atoms with Crippen molar-refractivity contribution in [1.29, 1.82) is 5.26 Å². The first-order valence-corrected chi connectivity index (χ1v) is 7.85. The molecule has 2 aromatic rings. The van der Waals surface area contributed by atoms with Crippen molar-refractivity contribution in [2.24, 2.45) is 0 Å². The van der Waals surface area contributed by atoms with Crippen molar-refractivity contribution in [1.82, 2.24) is 14.9 Å². The molecular weight excluding hydrogens is 274 g/mol. The highest BCUT2D eigenvalue weighted by molar-refractivity contribution is 5.89. The minimum absolute atomic E-state index is 0.223. The highest BCUT2D eigenvalue weighted by atomic mass is 15.2. The van der Waals surface area contributed by atoms with Crippen LogP contribution in [0.5, 0.6) is 0 Å². The molecule has 22 heavy (non-hydrogen) atoms. The third-order valence-electron chi connectivity index (χ3n) is 4.30. The van der Waals surface area contributed by atoms with Gasteiger partial charge >= 0.3 is 0 Å². The zero-order chi connectivity index (χ0) is 15.5. The smallest absolute Gasteiger partial charge is 0.234 e. The van der Waals surface area contributed by atoms with Gasteiger partial charge in [0.25, 0.3) is 0 Å². The number of fused-ring (bicyclic) bond motifs is 1. The Kier molecular flexibility index (Phi) is 4.21. The lowest BCUT2D eigenvalue weighted by molar-refractivity contribution is 0.177. The highest BCUT2D eigenvalue weighted by Crippen LogP contribution is 2.23. The van der Waals surface area contributed by atoms with Crippen LogP contribution in [0.4, 0.5) is 5.82 Å². The van der Waals surface area contributed by atoms with Crippen molar-refractivity contribution < 1.29 is 0 Å². The number of anilines is 1. The molecule has 0 atom stereocenters. The number of nitrogens with one attached hydrogen (secondary N) is 1. The number of aromatic nitrogens is 2. The maximum Gasteiger partial charge on any atom is 0.234 e. The first-order valence-electron chi connectivity index (χ1n) is 7.85. The molecule has 1 fully saturated rings. The molecule has 5 nitrogen and oxygen atoms in total. The van der Waals surface area contributed by atoms with Crippen molar-refractivity contribution in [3.8, 4) is 6.07 Å². The van der Waals surface area contributed by atoms with Gasteiger partial charge < -0.3 is 10.2 Å². The maximum absolute atomic E-state index is 9.11. The Morgan fingerprint density at radius 1 is 1.23 bits per heavy atom. The van der Waals surface area contributed by atoms with Gasteiger partial charge in [0, 0.05) is 30.6 Å². The fourth-order valence-corrected chi connectivity index (χ4v) is 2.99. The van der Waals surface area contributed by atoms with Gasteiger partial charge in [0.1, 0.15) is 11.9 Å². The second kappa shape index (κ2) is 6.29. The Morgan fingerprint density at radius 3 is 2.64 bits per heavy atom. The molecule has 0 amide bonds. The van der Waals surface area contributed by atoms with Gasteiger partial charge in [0.15, 0.2) is 0 Å². The Hall–Kier alpha value is -2.19. The third-order valence-corrected chi connectivity index (χ3v) is 4.30. The predicted molar refractivity (Wildman–Crippen MR) is 87.6 cm³/mol. The summed E-state index contributed by atoms with van der Waals surface area (Å²) in [5, 5.41) is 13.6. The molecule has 3 rings (SSSR count). The summed E-state index contributed by atoms with van der Waals surface area (Å²) in [5.41, 5.74) is 0.816. The number of para-hydroxylation sites is 1. The molecule has 5 heteroatoms. The minimum atomic E-state index is 0.223. The largest absolute Gasteiger partial charge is 0.367 e. The van der Waals surface area contributed by atoms with Crippen molar-refractivity contribution in [2.75, 3.05) is 18.4 Å². The maximum atomic E-state index is 9.11. The summed E-state index contributed by atoms with van der Waals surface area (Å²) in [4.78, 5) is 11.1. The Balaban J connectivity index is 1.81. The van der Waals surface area contributed by atoms with Gasteiger partial charge in [-0.2, -0.15) is 5.26 Å². The predicted octanol–water partition coefficient (Wildman–Crippen LogP) is 2.79. The highest BCUT2D eigenvalue weighted by Gasteiger charge is 2.21. The van der Waals surface area contributed by atoms with E-state index in [2.05, 4.69) is 34.0 Å². The third kappa shape index (κ3) is 3.02. The fraction of sp³-hybridized carbons (Fsp3) is 0.471. The zero-order valence-corrected chi connectivity index (χ0v) is 13.1. The standard InChI is InChI=1S/C17H21N5/c1-12(2)22-9-7-13(8-10-22)19-17-14-5-3-4-6-15(14)20-16(11-18)21-17/h3-6,12-13H,7-10H2,1-2H3,(H,19,20,21). The van der Waals surface area contributed by atoms with E-state index in [1.165, 1.54) is 0 Å².